The van der Waals surface area contributed by atoms with Crippen LogP contribution in [0.15, 0.2) is 28.2 Å². The van der Waals surface area contributed by atoms with E-state index >= 15 is 0 Å². The van der Waals surface area contributed by atoms with Crippen LogP contribution >= 0.6 is 23.4 Å². The zero-order chi connectivity index (χ0) is 21.7. The van der Waals surface area contributed by atoms with E-state index in [0.29, 0.717) is 42.0 Å². The Hall–Kier alpha value is -2.19. The molecule has 3 rings (SSSR count). The number of amidine groups is 1. The van der Waals surface area contributed by atoms with Gasteiger partial charge in [0, 0.05) is 24.2 Å². The van der Waals surface area contributed by atoms with Gasteiger partial charge in [-0.05, 0) is 62.1 Å². The zero-order valence-electron chi connectivity index (χ0n) is 17.7. The van der Waals surface area contributed by atoms with Crippen LogP contribution in [0.4, 0.5) is 11.5 Å². The Morgan fingerprint density at radius 2 is 2.20 bits per heavy atom. The van der Waals surface area contributed by atoms with Crippen molar-refractivity contribution in [3.05, 3.63) is 35.0 Å². The summed E-state index contributed by atoms with van der Waals surface area (Å²) in [7, 11) is 1.99. The van der Waals surface area contributed by atoms with Crippen LogP contribution in [0, 0.1) is 12.8 Å². The first-order valence-electron chi connectivity index (χ1n) is 10.0. The molecule has 0 radical (unpaired) electrons. The molecule has 0 aliphatic heterocycles. The molecule has 1 atom stereocenters. The van der Waals surface area contributed by atoms with Crippen molar-refractivity contribution in [1.29, 1.82) is 0 Å². The zero-order valence-corrected chi connectivity index (χ0v) is 19.3. The maximum Gasteiger partial charge on any atom is 0.224 e. The van der Waals surface area contributed by atoms with Crippen molar-refractivity contribution in [3.8, 4) is 0 Å². The molecule has 7 nitrogen and oxygen atoms in total. The van der Waals surface area contributed by atoms with Crippen LogP contribution in [0.5, 0.6) is 0 Å². The van der Waals surface area contributed by atoms with Gasteiger partial charge in [-0.25, -0.2) is 4.98 Å². The second-order valence-corrected chi connectivity index (χ2v) is 9.00. The molecular formula is C21H27ClN6OS. The third-order valence-electron chi connectivity index (χ3n) is 5.18. The maximum absolute atomic E-state index is 11.7. The fraction of sp³-hybridized carbons (Fsp3) is 0.476. The Kier molecular flexibility index (Phi) is 7.66. The van der Waals surface area contributed by atoms with E-state index in [1.54, 1.807) is 11.8 Å². The van der Waals surface area contributed by atoms with E-state index in [0.717, 1.165) is 16.3 Å². The average molecular weight is 447 g/mol. The van der Waals surface area contributed by atoms with Gasteiger partial charge in [0.1, 0.15) is 5.69 Å². The third-order valence-corrected chi connectivity index (χ3v) is 6.21. The van der Waals surface area contributed by atoms with Gasteiger partial charge in [-0.3, -0.25) is 14.8 Å². The third kappa shape index (κ3) is 5.70. The molecule has 1 N–H and O–H groups in total. The summed E-state index contributed by atoms with van der Waals surface area (Å²) in [5.41, 5.74) is 2.09. The number of aryl methyl sites for hydroxylation is 1. The van der Waals surface area contributed by atoms with E-state index in [2.05, 4.69) is 44.0 Å². The number of aldehydes is 1. The van der Waals surface area contributed by atoms with E-state index in [9.17, 15) is 4.79 Å². The second-order valence-electron chi connectivity index (χ2n) is 7.33. The monoisotopic (exact) mass is 446 g/mol. The van der Waals surface area contributed by atoms with E-state index in [-0.39, 0.29) is 11.1 Å². The van der Waals surface area contributed by atoms with Crippen molar-refractivity contribution < 1.29 is 4.79 Å². The van der Waals surface area contributed by atoms with Gasteiger partial charge in [-0.2, -0.15) is 4.98 Å². The minimum atomic E-state index is 0.182. The molecule has 2 aromatic rings. The summed E-state index contributed by atoms with van der Waals surface area (Å²) in [5, 5.41) is 3.30. The van der Waals surface area contributed by atoms with E-state index in [1.165, 1.54) is 12.8 Å². The Bertz CT molecular complexity index is 916. The Balaban J connectivity index is 1.80. The SMILES string of the molecule is CCSc1ccc(CN=C(C=O)Nc2c(C)nc(Cl)nc2N(C)C(C)C2CC2)nc1. The molecule has 1 aliphatic carbocycles. The number of nitrogens with one attached hydrogen (secondary N) is 1. The smallest absolute Gasteiger partial charge is 0.224 e. The van der Waals surface area contributed by atoms with Crippen molar-refractivity contribution in [2.24, 2.45) is 10.9 Å². The van der Waals surface area contributed by atoms with E-state index in [1.807, 2.05) is 32.3 Å². The molecule has 1 unspecified atom stereocenters. The molecule has 9 heteroatoms. The molecule has 2 heterocycles. The highest BCUT2D eigenvalue weighted by atomic mass is 35.5. The van der Waals surface area contributed by atoms with Crippen LogP contribution < -0.4 is 10.2 Å². The maximum atomic E-state index is 11.7. The Morgan fingerprint density at radius 3 is 2.80 bits per heavy atom. The molecule has 1 saturated carbocycles. The molecule has 0 bridgehead atoms. The van der Waals surface area contributed by atoms with Crippen LogP contribution in [0.25, 0.3) is 0 Å². The fourth-order valence-electron chi connectivity index (χ4n) is 3.17. The standard InChI is InChI=1S/C21H27ClN6OS/c1-5-30-17-9-8-16(23-11-17)10-24-18(12-29)26-19-13(2)25-21(22)27-20(19)28(4)14(3)15-6-7-15/h8-9,11-12,14-15H,5-7,10H2,1-4H3,(H,24,26). The largest absolute Gasteiger partial charge is 0.355 e. The topological polar surface area (TPSA) is 83.4 Å². The van der Waals surface area contributed by atoms with E-state index < -0.39 is 0 Å². The first kappa shape index (κ1) is 22.5. The van der Waals surface area contributed by atoms with Crippen molar-refractivity contribution in [2.75, 3.05) is 23.0 Å². The molecule has 30 heavy (non-hydrogen) atoms. The number of hydrogen-bond acceptors (Lipinski definition) is 7. The second kappa shape index (κ2) is 10.2. The normalized spacial score (nSPS) is 15.0. The van der Waals surface area contributed by atoms with Gasteiger partial charge in [0.15, 0.2) is 17.9 Å². The summed E-state index contributed by atoms with van der Waals surface area (Å²) in [6.07, 6.45) is 4.96. The highest BCUT2D eigenvalue weighted by Gasteiger charge is 2.32. The minimum Gasteiger partial charge on any atom is -0.355 e. The Morgan fingerprint density at radius 1 is 1.43 bits per heavy atom. The lowest BCUT2D eigenvalue weighted by atomic mass is 10.2. The predicted octanol–water partition coefficient (Wildman–Crippen LogP) is 4.39. The number of halogens is 1. The molecule has 1 aliphatic rings. The summed E-state index contributed by atoms with van der Waals surface area (Å²) in [6, 6.07) is 4.26. The van der Waals surface area contributed by atoms with Gasteiger partial charge < -0.3 is 10.2 Å². The molecule has 0 spiro atoms. The molecule has 0 saturated heterocycles. The molecule has 1 fully saturated rings. The van der Waals surface area contributed by atoms with Gasteiger partial charge in [0.05, 0.1) is 17.9 Å². The minimum absolute atomic E-state index is 0.182. The summed E-state index contributed by atoms with van der Waals surface area (Å²) >= 11 is 7.86. The molecular weight excluding hydrogens is 420 g/mol. The van der Waals surface area contributed by atoms with Crippen LogP contribution in [-0.4, -0.2) is 45.9 Å². The van der Waals surface area contributed by atoms with Gasteiger partial charge in [-0.1, -0.05) is 6.92 Å². The van der Waals surface area contributed by atoms with Gasteiger partial charge in [0.2, 0.25) is 5.28 Å². The number of aliphatic imine (C=N–C) groups is 1. The summed E-state index contributed by atoms with van der Waals surface area (Å²) in [4.78, 5) is 32.4. The van der Waals surface area contributed by atoms with Gasteiger partial charge in [-0.15, -0.1) is 11.8 Å². The fourth-order valence-corrected chi connectivity index (χ4v) is 4.00. The number of pyridine rings is 1. The first-order valence-corrected chi connectivity index (χ1v) is 11.4. The molecule has 0 aromatic carbocycles. The number of nitrogens with zero attached hydrogens (tertiary/aromatic N) is 5. The Labute approximate surface area is 186 Å². The van der Waals surface area contributed by atoms with Crippen molar-refractivity contribution in [3.63, 3.8) is 0 Å². The van der Waals surface area contributed by atoms with Gasteiger partial charge >= 0.3 is 0 Å². The van der Waals surface area contributed by atoms with Crippen molar-refractivity contribution in [1.82, 2.24) is 15.0 Å². The highest BCUT2D eigenvalue weighted by molar-refractivity contribution is 7.99. The first-order chi connectivity index (χ1) is 14.4. The highest BCUT2D eigenvalue weighted by Crippen LogP contribution is 2.38. The number of anilines is 2. The van der Waals surface area contributed by atoms with E-state index in [4.69, 9.17) is 11.6 Å². The number of rotatable bonds is 9. The summed E-state index contributed by atoms with van der Waals surface area (Å²) in [5.74, 6) is 2.51. The lowest BCUT2D eigenvalue weighted by Gasteiger charge is -2.28. The summed E-state index contributed by atoms with van der Waals surface area (Å²) in [6.45, 7) is 6.41. The van der Waals surface area contributed by atoms with Crippen LogP contribution in [0.1, 0.15) is 38.1 Å². The number of carbonyl (C=O) groups excluding carboxylic acids is 1. The van der Waals surface area contributed by atoms with Crippen LogP contribution in [-0.2, 0) is 11.3 Å². The molecule has 2 aromatic heterocycles. The number of aromatic nitrogens is 3. The lowest BCUT2D eigenvalue weighted by Crippen LogP contribution is -2.33. The predicted molar refractivity (Wildman–Crippen MR) is 124 cm³/mol. The average Bonchev–Trinajstić information content (AvgIpc) is 3.57. The number of hydrogen-bond donors (Lipinski definition) is 1. The molecule has 0 amide bonds. The van der Waals surface area contributed by atoms with Crippen molar-refractivity contribution in [2.45, 2.75) is 51.1 Å². The van der Waals surface area contributed by atoms with Crippen LogP contribution in [0.2, 0.25) is 5.28 Å². The number of thioether (sulfide) groups is 1. The number of carbonyl (C=O) groups is 1. The molecule has 160 valence electrons. The lowest BCUT2D eigenvalue weighted by molar-refractivity contribution is -0.102. The van der Waals surface area contributed by atoms with Crippen LogP contribution in [0.3, 0.4) is 0 Å². The van der Waals surface area contributed by atoms with Crippen molar-refractivity contribution >= 4 is 47.0 Å². The summed E-state index contributed by atoms with van der Waals surface area (Å²) < 4.78 is 0. The van der Waals surface area contributed by atoms with Gasteiger partial charge in [0.25, 0.3) is 0 Å². The quantitative estimate of drug-likeness (QED) is 0.201.